The molecule has 0 aromatic heterocycles. The maximum atomic E-state index is 11.0. The number of aromatic hydroxyl groups is 1. The zero-order chi connectivity index (χ0) is 23.0. The van der Waals surface area contributed by atoms with Gasteiger partial charge in [0.25, 0.3) is 0 Å². The fourth-order valence-corrected chi connectivity index (χ4v) is 5.73. The van der Waals surface area contributed by atoms with Gasteiger partial charge in [-0.2, -0.15) is 23.5 Å². The molecular formula is C28H50OS2. The van der Waals surface area contributed by atoms with Gasteiger partial charge in [0, 0.05) is 22.6 Å². The molecule has 0 heterocycles. The van der Waals surface area contributed by atoms with Crippen molar-refractivity contribution in [1.82, 2.24) is 0 Å². The first-order valence-corrected chi connectivity index (χ1v) is 15.2. The first-order chi connectivity index (χ1) is 14.9. The van der Waals surface area contributed by atoms with E-state index in [0.717, 1.165) is 22.6 Å². The Morgan fingerprint density at radius 3 is 1.42 bits per heavy atom. The van der Waals surface area contributed by atoms with Gasteiger partial charge in [0.2, 0.25) is 0 Å². The molecule has 0 aliphatic carbocycles. The Kier molecular flexibility index (Phi) is 16.0. The molecule has 1 rings (SSSR count). The lowest BCUT2D eigenvalue weighted by atomic mass is 9.85. The van der Waals surface area contributed by atoms with E-state index in [1.54, 1.807) is 0 Å². The van der Waals surface area contributed by atoms with Crippen molar-refractivity contribution in [2.24, 2.45) is 0 Å². The summed E-state index contributed by atoms with van der Waals surface area (Å²) >= 11 is 3.97. The first kappa shape index (κ1) is 28.8. The van der Waals surface area contributed by atoms with E-state index in [-0.39, 0.29) is 5.41 Å². The molecule has 180 valence electrons. The van der Waals surface area contributed by atoms with Crippen molar-refractivity contribution in [2.75, 3.05) is 11.5 Å². The molecule has 0 amide bonds. The molecule has 0 fully saturated rings. The van der Waals surface area contributed by atoms with Gasteiger partial charge in [-0.05, 0) is 35.3 Å². The van der Waals surface area contributed by atoms with Crippen LogP contribution < -0.4 is 0 Å². The summed E-state index contributed by atoms with van der Waals surface area (Å²) in [5, 5.41) is 11.0. The van der Waals surface area contributed by atoms with Gasteiger partial charge in [0.15, 0.2) is 0 Å². The van der Waals surface area contributed by atoms with Crippen LogP contribution in [0.15, 0.2) is 12.1 Å². The summed E-state index contributed by atoms with van der Waals surface area (Å²) in [7, 11) is 0. The molecule has 1 N–H and O–H groups in total. The van der Waals surface area contributed by atoms with Crippen LogP contribution in [-0.4, -0.2) is 16.6 Å². The van der Waals surface area contributed by atoms with Gasteiger partial charge in [-0.3, -0.25) is 0 Å². The Bertz CT molecular complexity index is 536. The lowest BCUT2D eigenvalue weighted by Gasteiger charge is -2.22. The SMILES string of the molecule is CCCCCCCCSCc1cc(C(C)(C)C)cc(CSCCCCCCCC)c1O. The summed E-state index contributed by atoms with van der Waals surface area (Å²) in [6, 6.07) is 4.51. The predicted molar refractivity (Wildman–Crippen MR) is 146 cm³/mol. The summed E-state index contributed by atoms with van der Waals surface area (Å²) in [6.07, 6.45) is 16.2. The fourth-order valence-electron chi connectivity index (χ4n) is 3.75. The van der Waals surface area contributed by atoms with E-state index in [1.807, 2.05) is 23.5 Å². The van der Waals surface area contributed by atoms with E-state index in [0.29, 0.717) is 5.75 Å². The van der Waals surface area contributed by atoms with Crippen molar-refractivity contribution < 1.29 is 5.11 Å². The van der Waals surface area contributed by atoms with Crippen molar-refractivity contribution >= 4 is 23.5 Å². The van der Waals surface area contributed by atoms with E-state index >= 15 is 0 Å². The number of unbranched alkanes of at least 4 members (excludes halogenated alkanes) is 10. The number of phenolic OH excluding ortho intramolecular Hbond substituents is 1. The Hall–Kier alpha value is -0.280. The highest BCUT2D eigenvalue weighted by atomic mass is 32.2. The summed E-state index contributed by atoms with van der Waals surface area (Å²) in [4.78, 5) is 0. The summed E-state index contributed by atoms with van der Waals surface area (Å²) in [5.41, 5.74) is 3.75. The second kappa shape index (κ2) is 17.2. The first-order valence-electron chi connectivity index (χ1n) is 12.9. The van der Waals surface area contributed by atoms with Crippen LogP contribution in [-0.2, 0) is 16.9 Å². The molecule has 0 atom stereocenters. The molecule has 1 nitrogen and oxygen atoms in total. The highest BCUT2D eigenvalue weighted by molar-refractivity contribution is 7.98. The molecule has 3 heteroatoms. The Morgan fingerprint density at radius 2 is 1.03 bits per heavy atom. The van der Waals surface area contributed by atoms with Gasteiger partial charge in [-0.25, -0.2) is 0 Å². The third kappa shape index (κ3) is 13.1. The van der Waals surface area contributed by atoms with Crippen LogP contribution in [0.2, 0.25) is 0 Å². The maximum absolute atomic E-state index is 11.0. The minimum Gasteiger partial charge on any atom is -0.507 e. The normalized spacial score (nSPS) is 11.9. The molecule has 0 spiro atoms. The van der Waals surface area contributed by atoms with Crippen LogP contribution in [0.4, 0.5) is 0 Å². The quantitative estimate of drug-likeness (QED) is 0.217. The van der Waals surface area contributed by atoms with Gasteiger partial charge in [0.05, 0.1) is 0 Å². The third-order valence-corrected chi connectivity index (χ3v) is 8.12. The van der Waals surface area contributed by atoms with Crippen molar-refractivity contribution in [2.45, 2.75) is 129 Å². The Morgan fingerprint density at radius 1 is 0.645 bits per heavy atom. The van der Waals surface area contributed by atoms with Gasteiger partial charge in [0.1, 0.15) is 5.75 Å². The molecule has 0 aliphatic heterocycles. The molecule has 0 bridgehead atoms. The van der Waals surface area contributed by atoms with Crippen LogP contribution in [0.3, 0.4) is 0 Å². The lowest BCUT2D eigenvalue weighted by molar-refractivity contribution is 0.464. The average molecular weight is 467 g/mol. The zero-order valence-electron chi connectivity index (χ0n) is 21.2. The topological polar surface area (TPSA) is 20.2 Å². The zero-order valence-corrected chi connectivity index (χ0v) is 22.9. The second-order valence-electron chi connectivity index (χ2n) is 10.0. The molecular weight excluding hydrogens is 416 g/mol. The van der Waals surface area contributed by atoms with E-state index in [2.05, 4.69) is 46.8 Å². The van der Waals surface area contributed by atoms with Crippen LogP contribution in [0, 0.1) is 0 Å². The highest BCUT2D eigenvalue weighted by Gasteiger charge is 2.18. The number of hydrogen-bond donors (Lipinski definition) is 1. The van der Waals surface area contributed by atoms with Crippen molar-refractivity contribution in [3.8, 4) is 5.75 Å². The van der Waals surface area contributed by atoms with Crippen molar-refractivity contribution in [3.63, 3.8) is 0 Å². The standard InChI is InChI=1S/C28H50OS2/c1-6-8-10-12-14-16-18-30-22-24-20-26(28(3,4)5)21-25(27(24)29)23-31-19-17-15-13-11-9-7-2/h20-21,29H,6-19,22-23H2,1-5H3. The van der Waals surface area contributed by atoms with Crippen LogP contribution in [0.25, 0.3) is 0 Å². The molecule has 0 saturated heterocycles. The van der Waals surface area contributed by atoms with Crippen LogP contribution in [0.5, 0.6) is 5.75 Å². The van der Waals surface area contributed by atoms with E-state index < -0.39 is 0 Å². The Balaban J connectivity index is 2.52. The van der Waals surface area contributed by atoms with Crippen molar-refractivity contribution in [1.29, 1.82) is 0 Å². The lowest BCUT2D eigenvalue weighted by Crippen LogP contribution is -2.12. The molecule has 0 saturated carbocycles. The fraction of sp³-hybridized carbons (Fsp3) is 0.786. The van der Waals surface area contributed by atoms with Gasteiger partial charge >= 0.3 is 0 Å². The molecule has 31 heavy (non-hydrogen) atoms. The third-order valence-electron chi connectivity index (χ3n) is 5.93. The van der Waals surface area contributed by atoms with Crippen LogP contribution in [0.1, 0.15) is 128 Å². The second-order valence-corrected chi connectivity index (χ2v) is 12.2. The summed E-state index contributed by atoms with van der Waals surface area (Å²) < 4.78 is 0. The Labute approximate surface area is 203 Å². The van der Waals surface area contributed by atoms with E-state index in [9.17, 15) is 5.11 Å². The van der Waals surface area contributed by atoms with Crippen molar-refractivity contribution in [3.05, 3.63) is 28.8 Å². The maximum Gasteiger partial charge on any atom is 0.123 e. The monoisotopic (exact) mass is 466 g/mol. The molecule has 0 radical (unpaired) electrons. The average Bonchev–Trinajstić information content (AvgIpc) is 2.73. The minimum absolute atomic E-state index is 0.116. The number of hydrogen-bond acceptors (Lipinski definition) is 3. The highest BCUT2D eigenvalue weighted by Crippen LogP contribution is 2.35. The van der Waals surface area contributed by atoms with Gasteiger partial charge < -0.3 is 5.11 Å². The minimum atomic E-state index is 0.116. The summed E-state index contributed by atoms with van der Waals surface area (Å²) in [5.74, 6) is 4.82. The number of rotatable bonds is 18. The van der Waals surface area contributed by atoms with E-state index in [4.69, 9.17) is 0 Å². The summed E-state index contributed by atoms with van der Waals surface area (Å²) in [6.45, 7) is 11.4. The number of benzene rings is 1. The molecule has 1 aromatic rings. The molecule has 0 unspecified atom stereocenters. The largest absolute Gasteiger partial charge is 0.507 e. The van der Waals surface area contributed by atoms with Gasteiger partial charge in [-0.1, -0.05) is 111 Å². The molecule has 1 aromatic carbocycles. The molecule has 0 aliphatic rings. The van der Waals surface area contributed by atoms with E-state index in [1.165, 1.54) is 94.1 Å². The number of thioether (sulfide) groups is 2. The van der Waals surface area contributed by atoms with Crippen LogP contribution >= 0.6 is 23.5 Å². The smallest absolute Gasteiger partial charge is 0.123 e. The number of phenols is 1. The van der Waals surface area contributed by atoms with Gasteiger partial charge in [-0.15, -0.1) is 0 Å². The predicted octanol–water partition coefficient (Wildman–Crippen LogP) is 9.88.